The number of hydrogen-bond acceptors (Lipinski definition) is 3. The highest BCUT2D eigenvalue weighted by Crippen LogP contribution is 2.43. The molecule has 1 aromatic carbocycles. The summed E-state index contributed by atoms with van der Waals surface area (Å²) in [5, 5.41) is 7.19. The molecule has 1 aromatic rings. The average molecular weight is 554 g/mol. The number of alkyl halides is 1. The third kappa shape index (κ3) is 3.90. The normalized spacial score (nSPS) is 20.6. The molecule has 24 heavy (non-hydrogen) atoms. The van der Waals surface area contributed by atoms with Crippen LogP contribution in [0, 0.1) is 5.41 Å². The number of hydrogen-bond donors (Lipinski definition) is 1. The van der Waals surface area contributed by atoms with E-state index in [0.717, 1.165) is 24.7 Å². The van der Waals surface area contributed by atoms with Crippen molar-refractivity contribution < 1.29 is 9.53 Å². The Balaban J connectivity index is 2.37. The summed E-state index contributed by atoms with van der Waals surface area (Å²) < 4.78 is 6.88. The fourth-order valence-electron chi connectivity index (χ4n) is 2.96. The van der Waals surface area contributed by atoms with Crippen LogP contribution in [0.5, 0.6) is 0 Å². The lowest BCUT2D eigenvalue weighted by Crippen LogP contribution is -2.51. The SMILES string of the molecule is CO[C@@](I)(c1ccccc1)[C@H]1CCCN1C(=O)C(=NC=N)N(C)I. The number of benzene rings is 1. The Morgan fingerprint density at radius 1 is 1.50 bits per heavy atom. The zero-order valence-corrected chi connectivity index (χ0v) is 17.9. The van der Waals surface area contributed by atoms with Gasteiger partial charge in [0.2, 0.25) is 5.84 Å². The van der Waals surface area contributed by atoms with Crippen LogP contribution in [-0.4, -0.2) is 52.8 Å². The largest absolute Gasteiger partial charge is 0.361 e. The standard InChI is InChI=1S/C16H20I2N4O2/c1-21(18)14(20-11-19)15(23)22-10-6-9-13(22)16(17,24-2)12-7-4-3-5-8-12/h3-5,7-8,11,13,19H,6,9-10H2,1-2H3/t13-,16+/m1/s1. The maximum absolute atomic E-state index is 13.0. The first-order valence-corrected chi connectivity index (χ1v) is 9.57. The lowest BCUT2D eigenvalue weighted by atomic mass is 10.00. The van der Waals surface area contributed by atoms with Gasteiger partial charge in [-0.05, 0) is 41.0 Å². The Morgan fingerprint density at radius 2 is 2.17 bits per heavy atom. The topological polar surface area (TPSA) is 69.0 Å². The van der Waals surface area contributed by atoms with E-state index in [9.17, 15) is 4.79 Å². The van der Waals surface area contributed by atoms with Gasteiger partial charge in [0.05, 0.1) is 28.9 Å². The predicted octanol–water partition coefficient (Wildman–Crippen LogP) is 3.20. The third-order valence-corrected chi connectivity index (χ3v) is 6.32. The van der Waals surface area contributed by atoms with Gasteiger partial charge in [-0.3, -0.25) is 13.3 Å². The minimum atomic E-state index is -0.620. The molecule has 1 heterocycles. The van der Waals surface area contributed by atoms with Gasteiger partial charge in [0.1, 0.15) is 6.34 Å². The molecule has 1 aliphatic heterocycles. The monoisotopic (exact) mass is 554 g/mol. The minimum absolute atomic E-state index is 0.0923. The Kier molecular flexibility index (Phi) is 6.99. The lowest BCUT2D eigenvalue weighted by Gasteiger charge is -2.38. The summed E-state index contributed by atoms with van der Waals surface area (Å²) >= 11 is 4.30. The Morgan fingerprint density at radius 3 is 2.71 bits per heavy atom. The van der Waals surface area contributed by atoms with Gasteiger partial charge in [0.25, 0.3) is 5.91 Å². The zero-order chi connectivity index (χ0) is 17.7. The van der Waals surface area contributed by atoms with Gasteiger partial charge in [-0.2, -0.15) is 0 Å². The minimum Gasteiger partial charge on any atom is -0.361 e. The van der Waals surface area contributed by atoms with E-state index in [1.54, 1.807) is 17.3 Å². The average Bonchev–Trinajstić information content (AvgIpc) is 3.09. The zero-order valence-electron chi connectivity index (χ0n) is 13.6. The number of carbonyl (C=O) groups excluding carboxylic acids is 1. The number of nitrogens with one attached hydrogen (secondary N) is 1. The number of rotatable bonds is 4. The van der Waals surface area contributed by atoms with E-state index in [0.29, 0.717) is 6.54 Å². The van der Waals surface area contributed by atoms with Crippen molar-refractivity contribution in [3.8, 4) is 0 Å². The Hall–Kier alpha value is -0.750. The number of carbonyl (C=O) groups is 1. The molecule has 0 bridgehead atoms. The van der Waals surface area contributed by atoms with Crippen molar-refractivity contribution in [2.75, 3.05) is 20.7 Å². The molecule has 1 amide bonds. The molecule has 1 N–H and O–H groups in total. The van der Waals surface area contributed by atoms with E-state index in [2.05, 4.69) is 27.6 Å². The van der Waals surface area contributed by atoms with E-state index in [1.807, 2.05) is 58.1 Å². The van der Waals surface area contributed by atoms with Crippen LogP contribution in [0.25, 0.3) is 0 Å². The molecule has 0 aromatic heterocycles. The molecular weight excluding hydrogens is 534 g/mol. The van der Waals surface area contributed by atoms with Gasteiger partial charge < -0.3 is 9.64 Å². The predicted molar refractivity (Wildman–Crippen MR) is 112 cm³/mol. The molecule has 130 valence electrons. The Bertz CT molecular complexity index is 624. The summed E-state index contributed by atoms with van der Waals surface area (Å²) in [5.41, 5.74) is 1.03. The second-order valence-electron chi connectivity index (χ2n) is 5.43. The van der Waals surface area contributed by atoms with Gasteiger partial charge in [-0.1, -0.05) is 30.3 Å². The first-order valence-electron chi connectivity index (χ1n) is 7.52. The van der Waals surface area contributed by atoms with Crippen LogP contribution >= 0.6 is 45.5 Å². The molecular formula is C16H20I2N4O2. The molecule has 2 rings (SSSR count). The van der Waals surface area contributed by atoms with Crippen LogP contribution in [0.1, 0.15) is 18.4 Å². The van der Waals surface area contributed by atoms with Crippen LogP contribution in [0.4, 0.5) is 0 Å². The van der Waals surface area contributed by atoms with Gasteiger partial charge in [-0.15, -0.1) is 0 Å². The number of methoxy groups -OCH3 is 1. The van der Waals surface area contributed by atoms with E-state index in [4.69, 9.17) is 10.1 Å². The summed E-state index contributed by atoms with van der Waals surface area (Å²) in [5.74, 6) is 0.0762. The number of ether oxygens (including phenoxy) is 1. The van der Waals surface area contributed by atoms with Crippen LogP contribution < -0.4 is 0 Å². The highest BCUT2D eigenvalue weighted by atomic mass is 127. The van der Waals surface area contributed by atoms with Crippen LogP contribution in [0.15, 0.2) is 35.3 Å². The number of aliphatic imine (C=N–C) groups is 1. The number of halogens is 2. The van der Waals surface area contributed by atoms with Crippen LogP contribution in [0.3, 0.4) is 0 Å². The van der Waals surface area contributed by atoms with Crippen LogP contribution in [0.2, 0.25) is 0 Å². The highest BCUT2D eigenvalue weighted by molar-refractivity contribution is 14.1. The molecule has 0 spiro atoms. The fraction of sp³-hybridized carbons (Fsp3) is 0.438. The number of nitrogens with zero attached hydrogens (tertiary/aromatic N) is 3. The van der Waals surface area contributed by atoms with Crippen LogP contribution in [-0.2, 0) is 13.1 Å². The molecule has 0 unspecified atom stereocenters. The molecule has 6 nitrogen and oxygen atoms in total. The number of amidine groups is 1. The molecule has 1 fully saturated rings. The maximum Gasteiger partial charge on any atom is 0.290 e. The quantitative estimate of drug-likeness (QED) is 0.205. The van der Waals surface area contributed by atoms with E-state index >= 15 is 0 Å². The van der Waals surface area contributed by atoms with E-state index in [-0.39, 0.29) is 17.8 Å². The Labute approximate surface area is 169 Å². The molecule has 2 atom stereocenters. The number of likely N-dealkylation sites (N-methyl/N-ethyl adjacent to an activating group) is 1. The van der Waals surface area contributed by atoms with Crippen molar-refractivity contribution >= 4 is 63.5 Å². The third-order valence-electron chi connectivity index (χ3n) is 4.08. The summed E-state index contributed by atoms with van der Waals surface area (Å²) in [6, 6.07) is 9.87. The molecule has 1 aliphatic rings. The molecule has 0 aliphatic carbocycles. The highest BCUT2D eigenvalue weighted by Gasteiger charge is 2.46. The van der Waals surface area contributed by atoms with Gasteiger partial charge in [0.15, 0.2) is 3.61 Å². The van der Waals surface area contributed by atoms with Crippen molar-refractivity contribution in [2.24, 2.45) is 4.99 Å². The fourth-order valence-corrected chi connectivity index (χ4v) is 4.30. The van der Waals surface area contributed by atoms with E-state index < -0.39 is 3.61 Å². The molecule has 0 radical (unpaired) electrons. The lowest BCUT2D eigenvalue weighted by molar-refractivity contribution is -0.128. The van der Waals surface area contributed by atoms with Gasteiger partial charge >= 0.3 is 0 Å². The summed E-state index contributed by atoms with van der Waals surface area (Å²) in [6.45, 7) is 0.659. The maximum atomic E-state index is 13.0. The summed E-state index contributed by atoms with van der Waals surface area (Å²) in [6.07, 6.45) is 2.68. The summed E-state index contributed by atoms with van der Waals surface area (Å²) in [4.78, 5) is 18.7. The second kappa shape index (κ2) is 8.56. The first-order chi connectivity index (χ1) is 11.5. The van der Waals surface area contributed by atoms with Gasteiger partial charge in [-0.25, -0.2) is 4.99 Å². The second-order valence-corrected chi connectivity index (χ2v) is 8.48. The van der Waals surface area contributed by atoms with E-state index in [1.165, 1.54) is 0 Å². The van der Waals surface area contributed by atoms with Crippen molar-refractivity contribution in [1.82, 2.24) is 8.01 Å². The van der Waals surface area contributed by atoms with Crippen molar-refractivity contribution in [3.05, 3.63) is 35.9 Å². The number of amides is 1. The van der Waals surface area contributed by atoms with Crippen molar-refractivity contribution in [3.63, 3.8) is 0 Å². The first kappa shape index (κ1) is 19.6. The van der Waals surface area contributed by atoms with Gasteiger partial charge in [0, 0.05) is 20.7 Å². The smallest absolute Gasteiger partial charge is 0.290 e. The van der Waals surface area contributed by atoms with Crippen molar-refractivity contribution in [2.45, 2.75) is 22.5 Å². The molecule has 8 heteroatoms. The molecule has 1 saturated heterocycles. The number of likely N-dealkylation sites (tertiary alicyclic amines) is 1. The van der Waals surface area contributed by atoms with Crippen molar-refractivity contribution in [1.29, 1.82) is 5.41 Å². The summed E-state index contributed by atoms with van der Waals surface area (Å²) in [7, 11) is 3.42. The molecule has 0 saturated carbocycles.